The minimum absolute atomic E-state index is 0.131. The van der Waals surface area contributed by atoms with Gasteiger partial charge in [0.15, 0.2) is 11.6 Å². The fourth-order valence-electron chi connectivity index (χ4n) is 2.41. The molecule has 0 aliphatic heterocycles. The van der Waals surface area contributed by atoms with E-state index in [9.17, 15) is 9.59 Å². The van der Waals surface area contributed by atoms with Crippen molar-refractivity contribution in [3.63, 3.8) is 0 Å². The minimum Gasteiger partial charge on any atom is -0.291 e. The van der Waals surface area contributed by atoms with Crippen LogP contribution < -0.4 is 0 Å². The lowest BCUT2D eigenvalue weighted by atomic mass is 10.0. The molecule has 0 aliphatic carbocycles. The first-order chi connectivity index (χ1) is 9.72. The Morgan fingerprint density at radius 2 is 0.800 bits per heavy atom. The lowest BCUT2D eigenvalue weighted by Crippen LogP contribution is -2.13. The summed E-state index contributed by atoms with van der Waals surface area (Å²) in [6.45, 7) is 4.39. The van der Waals surface area contributed by atoms with E-state index < -0.39 is 0 Å². The van der Waals surface area contributed by atoms with Crippen molar-refractivity contribution in [2.45, 2.75) is 104 Å². The maximum atomic E-state index is 11.6. The SMILES string of the molecule is CCCCCCCCCC(=O)C(=O)CCCCCCC. The van der Waals surface area contributed by atoms with Crippen molar-refractivity contribution in [1.29, 1.82) is 0 Å². The molecule has 0 heterocycles. The van der Waals surface area contributed by atoms with Crippen LogP contribution in [-0.4, -0.2) is 11.6 Å². The van der Waals surface area contributed by atoms with Gasteiger partial charge in [0.25, 0.3) is 0 Å². The zero-order chi connectivity index (χ0) is 15.1. The average Bonchev–Trinajstić information content (AvgIpc) is 2.45. The van der Waals surface area contributed by atoms with Crippen LogP contribution in [0.5, 0.6) is 0 Å². The highest BCUT2D eigenvalue weighted by Crippen LogP contribution is 2.10. The Balaban J connectivity index is 3.39. The zero-order valence-corrected chi connectivity index (χ0v) is 13.7. The number of unbranched alkanes of at least 4 members (excludes halogenated alkanes) is 10. The number of rotatable bonds is 15. The van der Waals surface area contributed by atoms with Gasteiger partial charge in [-0.2, -0.15) is 0 Å². The van der Waals surface area contributed by atoms with Gasteiger partial charge < -0.3 is 0 Å². The van der Waals surface area contributed by atoms with E-state index in [-0.39, 0.29) is 11.6 Å². The number of carbonyl (C=O) groups is 2. The van der Waals surface area contributed by atoms with Crippen molar-refractivity contribution in [2.24, 2.45) is 0 Å². The van der Waals surface area contributed by atoms with E-state index in [4.69, 9.17) is 0 Å². The topological polar surface area (TPSA) is 34.1 Å². The molecule has 0 aromatic rings. The monoisotopic (exact) mass is 282 g/mol. The molecule has 118 valence electrons. The molecular weight excluding hydrogens is 248 g/mol. The second kappa shape index (κ2) is 14.7. The van der Waals surface area contributed by atoms with Crippen molar-refractivity contribution in [2.75, 3.05) is 0 Å². The van der Waals surface area contributed by atoms with Gasteiger partial charge in [0.1, 0.15) is 0 Å². The van der Waals surface area contributed by atoms with Crippen LogP contribution in [0.3, 0.4) is 0 Å². The van der Waals surface area contributed by atoms with Crippen LogP contribution in [-0.2, 0) is 9.59 Å². The van der Waals surface area contributed by atoms with Gasteiger partial charge in [-0.05, 0) is 12.8 Å². The smallest absolute Gasteiger partial charge is 0.198 e. The quantitative estimate of drug-likeness (QED) is 0.288. The van der Waals surface area contributed by atoms with Gasteiger partial charge in [-0.15, -0.1) is 0 Å². The Bertz CT molecular complexity index is 246. The summed E-state index contributed by atoms with van der Waals surface area (Å²) in [5, 5.41) is 0. The molecule has 0 fully saturated rings. The molecule has 20 heavy (non-hydrogen) atoms. The minimum atomic E-state index is -0.132. The summed E-state index contributed by atoms with van der Waals surface area (Å²) in [4.78, 5) is 23.3. The Kier molecular flexibility index (Phi) is 14.3. The number of carbonyl (C=O) groups excluding carboxylic acids is 2. The average molecular weight is 282 g/mol. The van der Waals surface area contributed by atoms with Crippen LogP contribution in [0.15, 0.2) is 0 Å². The van der Waals surface area contributed by atoms with E-state index in [2.05, 4.69) is 13.8 Å². The van der Waals surface area contributed by atoms with Gasteiger partial charge in [0.05, 0.1) is 0 Å². The van der Waals surface area contributed by atoms with Crippen molar-refractivity contribution in [1.82, 2.24) is 0 Å². The molecule has 0 spiro atoms. The molecule has 0 bridgehead atoms. The third-order valence-corrected chi connectivity index (χ3v) is 3.83. The molecule has 0 amide bonds. The number of ketones is 2. The van der Waals surface area contributed by atoms with Gasteiger partial charge in [0.2, 0.25) is 0 Å². The Morgan fingerprint density at radius 1 is 0.500 bits per heavy atom. The summed E-state index contributed by atoms with van der Waals surface area (Å²) in [7, 11) is 0. The van der Waals surface area contributed by atoms with Crippen molar-refractivity contribution in [3.8, 4) is 0 Å². The van der Waals surface area contributed by atoms with E-state index in [1.54, 1.807) is 0 Å². The predicted octanol–water partition coefficient (Wildman–Crippen LogP) is 5.63. The summed E-state index contributed by atoms with van der Waals surface area (Å²) in [6.07, 6.45) is 14.9. The van der Waals surface area contributed by atoms with Crippen LogP contribution in [0, 0.1) is 0 Å². The Morgan fingerprint density at radius 3 is 1.15 bits per heavy atom. The van der Waals surface area contributed by atoms with Gasteiger partial charge in [0, 0.05) is 12.8 Å². The lowest BCUT2D eigenvalue weighted by molar-refractivity contribution is -0.136. The van der Waals surface area contributed by atoms with E-state index in [0.29, 0.717) is 12.8 Å². The molecule has 0 saturated heterocycles. The molecule has 0 aliphatic rings. The normalized spacial score (nSPS) is 10.7. The molecule has 0 atom stereocenters. The standard InChI is InChI=1S/C18H34O2/c1-3-5-7-9-10-12-14-16-18(20)17(19)15-13-11-8-6-4-2/h3-16H2,1-2H3. The van der Waals surface area contributed by atoms with E-state index in [1.807, 2.05) is 0 Å². The fraction of sp³-hybridized carbons (Fsp3) is 0.889. The molecule has 0 radical (unpaired) electrons. The van der Waals surface area contributed by atoms with Gasteiger partial charge in [-0.25, -0.2) is 0 Å². The lowest BCUT2D eigenvalue weighted by Gasteiger charge is -2.02. The van der Waals surface area contributed by atoms with E-state index in [1.165, 1.54) is 51.4 Å². The van der Waals surface area contributed by atoms with Crippen LogP contribution in [0.4, 0.5) is 0 Å². The molecule has 0 unspecified atom stereocenters. The molecule has 0 rings (SSSR count). The molecule has 0 saturated carbocycles. The summed E-state index contributed by atoms with van der Waals surface area (Å²) < 4.78 is 0. The molecule has 0 N–H and O–H groups in total. The Hall–Kier alpha value is -0.660. The number of hydrogen-bond donors (Lipinski definition) is 0. The summed E-state index contributed by atoms with van der Waals surface area (Å²) in [6, 6.07) is 0. The summed E-state index contributed by atoms with van der Waals surface area (Å²) in [5.41, 5.74) is 0. The highest BCUT2D eigenvalue weighted by molar-refractivity contribution is 6.37. The van der Waals surface area contributed by atoms with Crippen LogP contribution in [0.1, 0.15) is 104 Å². The largest absolute Gasteiger partial charge is 0.291 e. The summed E-state index contributed by atoms with van der Waals surface area (Å²) in [5.74, 6) is -0.262. The van der Waals surface area contributed by atoms with Crippen LogP contribution in [0.2, 0.25) is 0 Å². The van der Waals surface area contributed by atoms with Gasteiger partial charge in [-0.1, -0.05) is 78.1 Å². The highest BCUT2D eigenvalue weighted by atomic mass is 16.2. The third kappa shape index (κ3) is 12.4. The second-order valence-electron chi connectivity index (χ2n) is 5.88. The first-order valence-electron chi connectivity index (χ1n) is 8.78. The molecular formula is C18H34O2. The molecule has 0 aromatic heterocycles. The van der Waals surface area contributed by atoms with Gasteiger partial charge in [-0.3, -0.25) is 9.59 Å². The van der Waals surface area contributed by atoms with E-state index >= 15 is 0 Å². The zero-order valence-electron chi connectivity index (χ0n) is 13.7. The van der Waals surface area contributed by atoms with E-state index in [0.717, 1.165) is 25.7 Å². The van der Waals surface area contributed by atoms with Crippen molar-refractivity contribution >= 4 is 11.6 Å². The first-order valence-corrected chi connectivity index (χ1v) is 8.78. The summed E-state index contributed by atoms with van der Waals surface area (Å²) >= 11 is 0. The molecule has 2 heteroatoms. The van der Waals surface area contributed by atoms with Crippen molar-refractivity contribution < 1.29 is 9.59 Å². The number of Topliss-reactive ketones (excluding diaryl/α,β-unsaturated/α-hetero) is 2. The first kappa shape index (κ1) is 19.3. The van der Waals surface area contributed by atoms with Crippen LogP contribution in [0.25, 0.3) is 0 Å². The van der Waals surface area contributed by atoms with Gasteiger partial charge >= 0.3 is 0 Å². The molecule has 2 nitrogen and oxygen atoms in total. The Labute approximate surface area is 125 Å². The fourth-order valence-corrected chi connectivity index (χ4v) is 2.41. The maximum Gasteiger partial charge on any atom is 0.198 e. The maximum absolute atomic E-state index is 11.6. The number of hydrogen-bond acceptors (Lipinski definition) is 2. The van der Waals surface area contributed by atoms with Crippen LogP contribution >= 0.6 is 0 Å². The van der Waals surface area contributed by atoms with Crippen molar-refractivity contribution in [3.05, 3.63) is 0 Å². The molecule has 0 aromatic carbocycles. The predicted molar refractivity (Wildman–Crippen MR) is 86.0 cm³/mol. The second-order valence-corrected chi connectivity index (χ2v) is 5.88. The third-order valence-electron chi connectivity index (χ3n) is 3.83. The highest BCUT2D eigenvalue weighted by Gasteiger charge is 2.12.